The Hall–Kier alpha value is -4.12. The lowest BCUT2D eigenvalue weighted by Crippen LogP contribution is -2.49. The van der Waals surface area contributed by atoms with Crippen LogP contribution in [0.3, 0.4) is 0 Å². The second-order valence-corrected chi connectivity index (χ2v) is 13.5. The van der Waals surface area contributed by atoms with Gasteiger partial charge in [-0.2, -0.15) is 0 Å². The van der Waals surface area contributed by atoms with E-state index in [4.69, 9.17) is 16.3 Å². The van der Waals surface area contributed by atoms with Gasteiger partial charge in [0.2, 0.25) is 11.8 Å². The number of carboxylic acid groups (broad SMARTS) is 1. The number of fused-ring (bicyclic) bond motifs is 1. The van der Waals surface area contributed by atoms with E-state index in [2.05, 4.69) is 15.6 Å². The summed E-state index contributed by atoms with van der Waals surface area (Å²) in [5.74, 6) is -2.33. The highest BCUT2D eigenvalue weighted by molar-refractivity contribution is 6.38. The zero-order chi connectivity index (χ0) is 33.2. The van der Waals surface area contributed by atoms with Crippen LogP contribution in [0.25, 0.3) is 10.9 Å². The molecular weight excluding hydrogens is 615 g/mol. The lowest BCUT2D eigenvalue weighted by atomic mass is 9.78. The van der Waals surface area contributed by atoms with Gasteiger partial charge >= 0.3 is 12.1 Å². The molecule has 2 fully saturated rings. The minimum atomic E-state index is -1.19. The minimum Gasteiger partial charge on any atom is -0.477 e. The first-order chi connectivity index (χ1) is 21.9. The fourth-order valence-corrected chi connectivity index (χ4v) is 7.04. The Morgan fingerprint density at radius 1 is 1.07 bits per heavy atom. The highest BCUT2D eigenvalue weighted by Crippen LogP contribution is 2.39. The predicted octanol–water partition coefficient (Wildman–Crippen LogP) is 6.51. The van der Waals surface area contributed by atoms with Gasteiger partial charge in [0.15, 0.2) is 0 Å². The largest absolute Gasteiger partial charge is 0.477 e. The summed E-state index contributed by atoms with van der Waals surface area (Å²) in [6.45, 7) is 4.92. The number of carbonyl (C=O) groups is 4. The number of halogens is 2. The summed E-state index contributed by atoms with van der Waals surface area (Å²) in [6.07, 6.45) is 2.10. The third-order valence-corrected chi connectivity index (χ3v) is 9.35. The zero-order valence-electron chi connectivity index (χ0n) is 26.1. The van der Waals surface area contributed by atoms with Gasteiger partial charge in [0.25, 0.3) is 0 Å². The fourth-order valence-electron chi connectivity index (χ4n) is 6.76. The van der Waals surface area contributed by atoms with Crippen molar-refractivity contribution in [2.45, 2.75) is 76.5 Å². The maximum atomic E-state index is 14.0. The molecule has 2 aromatic carbocycles. The minimum absolute atomic E-state index is 0.0466. The lowest BCUT2D eigenvalue weighted by Gasteiger charge is -2.36. The molecule has 1 aliphatic carbocycles. The van der Waals surface area contributed by atoms with Crippen LogP contribution >= 0.6 is 11.6 Å². The first kappa shape index (κ1) is 33.2. The third-order valence-electron chi connectivity index (χ3n) is 8.95. The number of nitrogens with one attached hydrogen (secondary N) is 3. The van der Waals surface area contributed by atoms with Gasteiger partial charge in [-0.3, -0.25) is 9.59 Å². The molecule has 2 aliphatic rings. The molecular formula is C34H40ClFN4O6. The molecule has 3 aromatic rings. The summed E-state index contributed by atoms with van der Waals surface area (Å²) in [7, 11) is 0. The number of aromatic amines is 1. The molecule has 5 rings (SSSR count). The lowest BCUT2D eigenvalue weighted by molar-refractivity contribution is -0.141. The highest BCUT2D eigenvalue weighted by Gasteiger charge is 2.45. The van der Waals surface area contributed by atoms with Gasteiger partial charge in [-0.15, -0.1) is 0 Å². The van der Waals surface area contributed by atoms with Gasteiger partial charge in [-0.05, 0) is 82.6 Å². The van der Waals surface area contributed by atoms with Crippen molar-refractivity contribution in [3.8, 4) is 0 Å². The number of hydrogen-bond donors (Lipinski definition) is 4. The number of benzene rings is 2. The molecule has 4 N–H and O–H groups in total. The summed E-state index contributed by atoms with van der Waals surface area (Å²) in [5.41, 5.74) is 1.07. The maximum Gasteiger partial charge on any atom is 0.407 e. The number of likely N-dealkylation sites (tertiary alicyclic amines) is 1. The number of H-pyrrole nitrogens is 1. The number of anilines is 1. The van der Waals surface area contributed by atoms with Crippen molar-refractivity contribution < 1.29 is 33.4 Å². The predicted molar refractivity (Wildman–Crippen MR) is 173 cm³/mol. The van der Waals surface area contributed by atoms with E-state index in [-0.39, 0.29) is 40.3 Å². The number of nitrogens with zero attached hydrogens (tertiary/aromatic N) is 1. The van der Waals surface area contributed by atoms with E-state index < -0.39 is 36.4 Å². The average Bonchev–Trinajstić information content (AvgIpc) is 3.61. The molecule has 12 heteroatoms. The van der Waals surface area contributed by atoms with E-state index >= 15 is 0 Å². The number of carboxylic acids is 1. The van der Waals surface area contributed by atoms with Gasteiger partial charge in [0.05, 0.1) is 11.1 Å². The molecule has 1 saturated heterocycles. The van der Waals surface area contributed by atoms with Crippen LogP contribution in [0.15, 0.2) is 48.5 Å². The summed E-state index contributed by atoms with van der Waals surface area (Å²) in [5, 5.41) is 15.5. The number of ether oxygens (including phenoxy) is 1. The van der Waals surface area contributed by atoms with Crippen LogP contribution in [-0.4, -0.2) is 69.8 Å². The van der Waals surface area contributed by atoms with E-state index in [9.17, 15) is 28.7 Å². The van der Waals surface area contributed by atoms with E-state index in [0.29, 0.717) is 55.2 Å². The summed E-state index contributed by atoms with van der Waals surface area (Å²) < 4.78 is 19.3. The molecule has 0 spiro atoms. The van der Waals surface area contributed by atoms with Crippen molar-refractivity contribution in [2.24, 2.45) is 11.8 Å². The molecule has 10 nitrogen and oxygen atoms in total. The van der Waals surface area contributed by atoms with Crippen LogP contribution in [0.4, 0.5) is 14.9 Å². The van der Waals surface area contributed by atoms with Crippen LogP contribution < -0.4 is 10.6 Å². The average molecular weight is 655 g/mol. The Balaban J connectivity index is 1.31. The molecule has 0 bridgehead atoms. The summed E-state index contributed by atoms with van der Waals surface area (Å²) in [6, 6.07) is 13.1. The van der Waals surface area contributed by atoms with E-state index in [1.165, 1.54) is 0 Å². The van der Waals surface area contributed by atoms with E-state index in [0.717, 1.165) is 5.56 Å². The Morgan fingerprint density at radius 2 is 1.76 bits per heavy atom. The van der Waals surface area contributed by atoms with Gasteiger partial charge in [0.1, 0.15) is 24.0 Å². The van der Waals surface area contributed by atoms with E-state index in [1.807, 2.05) is 30.3 Å². The molecule has 1 saturated carbocycles. The van der Waals surface area contributed by atoms with Crippen LogP contribution in [0, 0.1) is 11.8 Å². The Labute approximate surface area is 272 Å². The first-order valence-corrected chi connectivity index (χ1v) is 16.0. The van der Waals surface area contributed by atoms with Crippen LogP contribution in [0.1, 0.15) is 74.8 Å². The normalized spacial score (nSPS) is 22.3. The molecule has 246 valence electrons. The molecule has 3 amide bonds. The number of carbonyl (C=O) groups excluding carboxylic acids is 3. The molecule has 3 atom stereocenters. The van der Waals surface area contributed by atoms with Crippen molar-refractivity contribution in [1.82, 2.24) is 15.2 Å². The Bertz CT molecular complexity index is 1600. The van der Waals surface area contributed by atoms with Gasteiger partial charge in [-0.1, -0.05) is 41.9 Å². The molecule has 0 unspecified atom stereocenters. The van der Waals surface area contributed by atoms with Crippen molar-refractivity contribution in [1.29, 1.82) is 0 Å². The van der Waals surface area contributed by atoms with Crippen molar-refractivity contribution >= 4 is 52.1 Å². The van der Waals surface area contributed by atoms with Gasteiger partial charge in [-0.25, -0.2) is 14.0 Å². The summed E-state index contributed by atoms with van der Waals surface area (Å²) >= 11 is 6.31. The highest BCUT2D eigenvalue weighted by atomic mass is 35.5. The van der Waals surface area contributed by atoms with Crippen molar-refractivity contribution in [3.05, 3.63) is 64.8 Å². The molecule has 1 aliphatic heterocycles. The van der Waals surface area contributed by atoms with E-state index in [1.54, 1.807) is 43.9 Å². The molecule has 46 heavy (non-hydrogen) atoms. The number of hydrogen-bond acceptors (Lipinski definition) is 5. The van der Waals surface area contributed by atoms with Gasteiger partial charge in [0, 0.05) is 35.0 Å². The standard InChI is InChI=1S/C34H40ClFN4O6/c1-34(2,3)46-33(45)39-26(18-36)20-9-11-21(12-10-20)31(42)40-16-15-23(19-7-5-4-6-8-19)29(40)30(41)37-22-13-14-25-24(17-22)27(35)28(38-25)32(43)44/h4-8,13-14,17,20-21,23,26,29,38H,9-12,15-16,18H2,1-3H3,(H,37,41)(H,39,45)(H,43,44)/t20?,21?,23-,26-,29-/m1/s1. The topological polar surface area (TPSA) is 141 Å². The Kier molecular flexibility index (Phi) is 9.91. The quantitative estimate of drug-likeness (QED) is 0.218. The van der Waals surface area contributed by atoms with Crippen LogP contribution in [0.2, 0.25) is 5.02 Å². The van der Waals surface area contributed by atoms with Crippen molar-refractivity contribution in [3.63, 3.8) is 0 Å². The number of aromatic nitrogens is 1. The fraction of sp³-hybridized carbons (Fsp3) is 0.471. The maximum absolute atomic E-state index is 14.0. The number of rotatable bonds is 8. The summed E-state index contributed by atoms with van der Waals surface area (Å²) in [4.78, 5) is 56.2. The Morgan fingerprint density at radius 3 is 2.39 bits per heavy atom. The second-order valence-electron chi connectivity index (χ2n) is 13.2. The third kappa shape index (κ3) is 7.30. The monoisotopic (exact) mass is 654 g/mol. The second kappa shape index (κ2) is 13.7. The van der Waals surface area contributed by atoms with Gasteiger partial charge < -0.3 is 30.4 Å². The number of alkyl carbamates (subject to hydrolysis) is 1. The zero-order valence-corrected chi connectivity index (χ0v) is 26.9. The molecule has 2 heterocycles. The molecule has 0 radical (unpaired) electrons. The van der Waals surface area contributed by atoms with Crippen molar-refractivity contribution in [2.75, 3.05) is 18.5 Å². The number of aromatic carboxylic acids is 1. The smallest absolute Gasteiger partial charge is 0.407 e. The first-order valence-electron chi connectivity index (χ1n) is 15.6. The number of alkyl halides is 1. The van der Waals surface area contributed by atoms with Crippen LogP contribution in [0.5, 0.6) is 0 Å². The SMILES string of the molecule is CC(C)(C)OC(=O)N[C@H](CF)C1CCC(C(=O)N2CC[C@H](c3ccccc3)[C@@H]2C(=O)Nc2ccc3[nH]c(C(=O)O)c(Cl)c3c2)CC1. The molecule has 1 aromatic heterocycles. The number of amides is 3. The van der Waals surface area contributed by atoms with Crippen LogP contribution in [-0.2, 0) is 14.3 Å².